The van der Waals surface area contributed by atoms with E-state index in [4.69, 9.17) is 0 Å². The molecule has 1 aliphatic rings. The Hall–Kier alpha value is -2.35. The zero-order valence-electron chi connectivity index (χ0n) is 15.7. The maximum Gasteiger partial charge on any atom is 0.239 e. The Bertz CT molecular complexity index is 789. The molecule has 2 amide bonds. The van der Waals surface area contributed by atoms with Gasteiger partial charge >= 0.3 is 0 Å². The van der Waals surface area contributed by atoms with Crippen molar-refractivity contribution >= 4 is 23.6 Å². The van der Waals surface area contributed by atoms with Gasteiger partial charge in [-0.15, -0.1) is 10.2 Å². The topological polar surface area (TPSA) is 80.1 Å². The summed E-state index contributed by atoms with van der Waals surface area (Å²) in [5.41, 5.74) is 1.17. The molecule has 1 N–H and O–H groups in total. The van der Waals surface area contributed by atoms with Crippen molar-refractivity contribution in [1.82, 2.24) is 25.0 Å². The lowest BCUT2D eigenvalue weighted by atomic mass is 10.1. The molecule has 0 atom stereocenters. The van der Waals surface area contributed by atoms with Gasteiger partial charge in [-0.2, -0.15) is 0 Å². The predicted molar refractivity (Wildman–Crippen MR) is 104 cm³/mol. The zero-order chi connectivity index (χ0) is 19.2. The molecule has 2 aromatic rings. The SMILES string of the molecule is CCn1c(Cc2ccccc2)nnc1SCC(=O)N(C)CC(=O)NC1CC1. The van der Waals surface area contributed by atoms with E-state index in [1.807, 2.05) is 29.7 Å². The molecule has 7 nitrogen and oxygen atoms in total. The van der Waals surface area contributed by atoms with E-state index in [2.05, 4.69) is 27.6 Å². The van der Waals surface area contributed by atoms with E-state index in [0.29, 0.717) is 12.5 Å². The van der Waals surface area contributed by atoms with Crippen molar-refractivity contribution in [1.29, 1.82) is 0 Å². The van der Waals surface area contributed by atoms with Crippen molar-refractivity contribution < 1.29 is 9.59 Å². The van der Waals surface area contributed by atoms with Gasteiger partial charge < -0.3 is 14.8 Å². The molecule has 0 aliphatic heterocycles. The standard InChI is InChI=1S/C19H25N5O2S/c1-3-24-16(11-14-7-5-4-6-8-14)21-22-19(24)27-13-18(26)23(2)12-17(25)20-15-9-10-15/h4-8,15H,3,9-13H2,1-2H3,(H,20,25). The summed E-state index contributed by atoms with van der Waals surface area (Å²) in [5.74, 6) is 0.925. The highest BCUT2D eigenvalue weighted by molar-refractivity contribution is 7.99. The molecule has 27 heavy (non-hydrogen) atoms. The van der Waals surface area contributed by atoms with E-state index < -0.39 is 0 Å². The van der Waals surface area contributed by atoms with E-state index >= 15 is 0 Å². The van der Waals surface area contributed by atoms with Crippen LogP contribution in [0.4, 0.5) is 0 Å². The van der Waals surface area contributed by atoms with E-state index in [9.17, 15) is 9.59 Å². The number of likely N-dealkylation sites (N-methyl/N-ethyl adjacent to an activating group) is 1. The molecule has 8 heteroatoms. The van der Waals surface area contributed by atoms with Crippen LogP contribution in [0.3, 0.4) is 0 Å². The Labute approximate surface area is 163 Å². The van der Waals surface area contributed by atoms with Gasteiger partial charge in [0.25, 0.3) is 0 Å². The van der Waals surface area contributed by atoms with Crippen LogP contribution in [0.2, 0.25) is 0 Å². The van der Waals surface area contributed by atoms with Crippen molar-refractivity contribution in [2.24, 2.45) is 0 Å². The summed E-state index contributed by atoms with van der Waals surface area (Å²) >= 11 is 1.36. The Kier molecular flexibility index (Phi) is 6.49. The first-order chi connectivity index (χ1) is 13.1. The summed E-state index contributed by atoms with van der Waals surface area (Å²) in [5, 5.41) is 12.2. The van der Waals surface area contributed by atoms with Crippen molar-refractivity contribution in [3.63, 3.8) is 0 Å². The number of benzene rings is 1. The third-order valence-electron chi connectivity index (χ3n) is 4.39. The highest BCUT2D eigenvalue weighted by Gasteiger charge is 2.24. The number of carbonyl (C=O) groups excluding carboxylic acids is 2. The molecule has 0 unspecified atom stereocenters. The van der Waals surface area contributed by atoms with Crippen LogP contribution in [-0.2, 0) is 22.6 Å². The van der Waals surface area contributed by atoms with E-state index in [-0.39, 0.29) is 24.1 Å². The molecule has 0 saturated heterocycles. The lowest BCUT2D eigenvalue weighted by molar-refractivity contribution is -0.132. The van der Waals surface area contributed by atoms with Crippen LogP contribution in [0.25, 0.3) is 0 Å². The fraction of sp³-hybridized carbons (Fsp3) is 0.474. The summed E-state index contributed by atoms with van der Waals surface area (Å²) in [7, 11) is 1.65. The minimum absolute atomic E-state index is 0.0929. The molecule has 0 radical (unpaired) electrons. The third kappa shape index (κ3) is 5.56. The van der Waals surface area contributed by atoms with Gasteiger partial charge in [-0.05, 0) is 25.3 Å². The van der Waals surface area contributed by atoms with Gasteiger partial charge in [0.1, 0.15) is 5.82 Å². The predicted octanol–water partition coefficient (Wildman–Crippen LogP) is 1.72. The molecule has 144 valence electrons. The van der Waals surface area contributed by atoms with Crippen LogP contribution in [0.1, 0.15) is 31.2 Å². The smallest absolute Gasteiger partial charge is 0.239 e. The summed E-state index contributed by atoms with van der Waals surface area (Å²) in [4.78, 5) is 25.6. The number of amides is 2. The molecule has 3 rings (SSSR count). The van der Waals surface area contributed by atoms with Crippen LogP contribution in [-0.4, -0.2) is 56.9 Å². The molecule has 1 fully saturated rings. The van der Waals surface area contributed by atoms with Gasteiger partial charge in [-0.1, -0.05) is 42.1 Å². The van der Waals surface area contributed by atoms with E-state index in [1.165, 1.54) is 22.2 Å². The molecule has 1 aromatic carbocycles. The molecule has 1 aromatic heterocycles. The first kappa shape index (κ1) is 19.4. The number of thioether (sulfide) groups is 1. The molecular formula is C19H25N5O2S. The van der Waals surface area contributed by atoms with Crippen molar-refractivity contribution in [2.45, 2.75) is 43.9 Å². The van der Waals surface area contributed by atoms with Gasteiger partial charge in [-0.25, -0.2) is 0 Å². The maximum absolute atomic E-state index is 12.3. The molecule has 1 aliphatic carbocycles. The number of carbonyl (C=O) groups is 2. The largest absolute Gasteiger partial charge is 0.352 e. The zero-order valence-corrected chi connectivity index (χ0v) is 16.5. The Balaban J connectivity index is 1.53. The summed E-state index contributed by atoms with van der Waals surface area (Å²) in [6.45, 7) is 2.87. The average molecular weight is 388 g/mol. The fourth-order valence-corrected chi connectivity index (χ4v) is 3.66. The summed E-state index contributed by atoms with van der Waals surface area (Å²) < 4.78 is 2.03. The minimum atomic E-state index is -0.0970. The first-order valence-corrected chi connectivity index (χ1v) is 10.2. The average Bonchev–Trinajstić information content (AvgIpc) is 3.39. The second-order valence-corrected chi connectivity index (χ2v) is 7.63. The molecular weight excluding hydrogens is 362 g/mol. The molecule has 0 bridgehead atoms. The highest BCUT2D eigenvalue weighted by Crippen LogP contribution is 2.20. The van der Waals surface area contributed by atoms with E-state index in [0.717, 1.165) is 30.4 Å². The minimum Gasteiger partial charge on any atom is -0.352 e. The molecule has 1 saturated carbocycles. The lowest BCUT2D eigenvalue weighted by Gasteiger charge is -2.16. The monoisotopic (exact) mass is 387 g/mol. The van der Waals surface area contributed by atoms with Crippen molar-refractivity contribution in [3.05, 3.63) is 41.7 Å². The number of aromatic nitrogens is 3. The maximum atomic E-state index is 12.3. The number of nitrogens with one attached hydrogen (secondary N) is 1. The van der Waals surface area contributed by atoms with Crippen LogP contribution in [0, 0.1) is 0 Å². The second kappa shape index (κ2) is 9.03. The first-order valence-electron chi connectivity index (χ1n) is 9.19. The number of hydrogen-bond donors (Lipinski definition) is 1. The number of hydrogen-bond acceptors (Lipinski definition) is 5. The molecule has 0 spiro atoms. The Morgan fingerprint density at radius 3 is 2.67 bits per heavy atom. The molecule has 1 heterocycles. The normalized spacial score (nSPS) is 13.4. The van der Waals surface area contributed by atoms with Gasteiger partial charge in [0, 0.05) is 26.1 Å². The third-order valence-corrected chi connectivity index (χ3v) is 5.34. The van der Waals surface area contributed by atoms with Gasteiger partial charge in [0.15, 0.2) is 5.16 Å². The van der Waals surface area contributed by atoms with Crippen molar-refractivity contribution in [3.8, 4) is 0 Å². The quantitative estimate of drug-likeness (QED) is 0.663. The van der Waals surface area contributed by atoms with Crippen LogP contribution in [0.15, 0.2) is 35.5 Å². The van der Waals surface area contributed by atoms with Crippen LogP contribution in [0.5, 0.6) is 0 Å². The highest BCUT2D eigenvalue weighted by atomic mass is 32.2. The van der Waals surface area contributed by atoms with Gasteiger partial charge in [-0.3, -0.25) is 9.59 Å². The van der Waals surface area contributed by atoms with Gasteiger partial charge in [0.2, 0.25) is 11.8 Å². The van der Waals surface area contributed by atoms with Crippen LogP contribution < -0.4 is 5.32 Å². The summed E-state index contributed by atoms with van der Waals surface area (Å²) in [6, 6.07) is 10.4. The Morgan fingerprint density at radius 2 is 2.00 bits per heavy atom. The fourth-order valence-electron chi connectivity index (χ4n) is 2.69. The number of rotatable bonds is 9. The van der Waals surface area contributed by atoms with Crippen LogP contribution >= 0.6 is 11.8 Å². The van der Waals surface area contributed by atoms with Gasteiger partial charge in [0.05, 0.1) is 12.3 Å². The Morgan fingerprint density at radius 1 is 1.26 bits per heavy atom. The van der Waals surface area contributed by atoms with Crippen molar-refractivity contribution in [2.75, 3.05) is 19.3 Å². The summed E-state index contributed by atoms with van der Waals surface area (Å²) in [6.07, 6.45) is 2.78. The van der Waals surface area contributed by atoms with E-state index in [1.54, 1.807) is 7.05 Å². The lowest BCUT2D eigenvalue weighted by Crippen LogP contribution is -2.39. The number of nitrogens with zero attached hydrogens (tertiary/aromatic N) is 4. The second-order valence-electron chi connectivity index (χ2n) is 6.69.